The van der Waals surface area contributed by atoms with Crippen LogP contribution in [-0.2, 0) is 52.5 Å². The summed E-state index contributed by atoms with van der Waals surface area (Å²) in [5.41, 5.74) is 14.6. The molecule has 4 aliphatic heterocycles. The molecule has 24 heteroatoms. The smallest absolute Gasteiger partial charge is 0.477 e. The van der Waals surface area contributed by atoms with E-state index in [1.807, 2.05) is 140 Å². The summed E-state index contributed by atoms with van der Waals surface area (Å²) in [6, 6.07) is 33.1. The first-order chi connectivity index (χ1) is 39.7. The average molecular weight is 1300 g/mol. The van der Waals surface area contributed by atoms with E-state index in [0.717, 1.165) is 66.7 Å². The second-order valence-corrected chi connectivity index (χ2v) is 26.4. The molecule has 2 atom stereocenters. The quantitative estimate of drug-likeness (QED) is 0.0683. The molecule has 0 radical (unpaired) electrons. The van der Waals surface area contributed by atoms with E-state index < -0.39 is 53.7 Å². The lowest BCUT2D eigenvalue weighted by Crippen LogP contribution is -2.42. The summed E-state index contributed by atoms with van der Waals surface area (Å²) >= 11 is 37.1. The third-order valence-corrected chi connectivity index (χ3v) is 18.4. The first-order valence-electron chi connectivity index (χ1n) is 27.1. The lowest BCUT2D eigenvalue weighted by Gasteiger charge is -2.28. The molecule has 448 valence electrons. The number of carbonyl (C=O) groups is 2. The molecule has 0 saturated carbocycles. The van der Waals surface area contributed by atoms with E-state index in [1.165, 1.54) is 0 Å². The fourth-order valence-electron chi connectivity index (χ4n) is 11.2. The van der Waals surface area contributed by atoms with E-state index >= 15 is 0 Å². The topological polar surface area (TPSA) is 203 Å². The Morgan fingerprint density at radius 3 is 1.41 bits per heavy atom. The molecule has 86 heavy (non-hydrogen) atoms. The molecule has 0 spiro atoms. The zero-order valence-corrected chi connectivity index (χ0v) is 53.8. The minimum Gasteiger partial charge on any atom is -0.477 e. The molecule has 15 nitrogen and oxygen atoms in total. The number of nitrogens with one attached hydrogen (secondary N) is 1. The van der Waals surface area contributed by atoms with E-state index in [2.05, 4.69) is 15.6 Å². The highest BCUT2D eigenvalue weighted by Gasteiger charge is 2.44. The minimum atomic E-state index is -1.01. The Morgan fingerprint density at radius 2 is 0.988 bits per heavy atom. The van der Waals surface area contributed by atoms with Crippen molar-refractivity contribution in [1.82, 2.24) is 14.1 Å². The van der Waals surface area contributed by atoms with E-state index in [9.17, 15) is 24.7 Å². The van der Waals surface area contributed by atoms with Crippen LogP contribution in [0.5, 0.6) is 0 Å². The van der Waals surface area contributed by atoms with Crippen molar-refractivity contribution in [3.8, 4) is 0 Å². The summed E-state index contributed by atoms with van der Waals surface area (Å²) in [5.74, 6) is -1.24. The molecule has 8 aromatic rings. The largest absolute Gasteiger partial charge is 0.492 e. The lowest BCUT2D eigenvalue weighted by atomic mass is 9.75. The average Bonchev–Trinajstić information content (AvgIpc) is 1.99. The number of halogens is 7. The molecule has 4 aromatic heterocycles. The van der Waals surface area contributed by atoms with Crippen molar-refractivity contribution in [2.45, 2.75) is 116 Å². The third-order valence-electron chi connectivity index (χ3n) is 16.0. The molecule has 1 amide bonds. The number of benzene rings is 4. The Bertz CT molecular complexity index is 4060. The fraction of sp³-hybridized carbons (Fsp3) is 0.290. The maximum atomic E-state index is 13.7. The molecule has 2 unspecified atom stereocenters. The van der Waals surface area contributed by atoms with Gasteiger partial charge in [-0.15, -0.1) is 12.4 Å². The SMILES string of the molecule is CC(C)(N)c1ccc2c(c1)B(O)OC2(C)C.CC(C)(NC(=O)c1ccc(C2=NOC(C)(c3cc(Cl)c(Cl)c(Cl)c3)C2)c2cccn12)c1ccc2c(c1)B(O)OC2(C)C.CC1(c2cc(Cl)c(Cl)c(Cl)c2)CC(c2ccc(C(=O)O)n3cccc23)=NO1.Cl. The number of hydrogen-bond acceptors (Lipinski definition) is 11. The van der Waals surface area contributed by atoms with Crippen LogP contribution in [0, 0.1) is 0 Å². The number of aromatic carboxylic acids is 1. The molecular weight excluding hydrogens is 1240 g/mol. The summed E-state index contributed by atoms with van der Waals surface area (Å²) in [6.07, 6.45) is 4.48. The van der Waals surface area contributed by atoms with Gasteiger partial charge in [0.05, 0.1) is 69.3 Å². The van der Waals surface area contributed by atoms with Crippen molar-refractivity contribution in [3.05, 3.63) is 208 Å². The number of nitrogens with zero attached hydrogens (tertiary/aromatic N) is 4. The number of pyridine rings is 2. The number of hydrogen-bond donors (Lipinski definition) is 5. The molecule has 8 heterocycles. The van der Waals surface area contributed by atoms with Crippen LogP contribution < -0.4 is 22.0 Å². The lowest BCUT2D eigenvalue weighted by molar-refractivity contribution is -0.00755. The maximum Gasteiger partial charge on any atom is 0.492 e. The number of carboxylic acids is 1. The van der Waals surface area contributed by atoms with Crippen LogP contribution >= 0.6 is 82.0 Å². The number of oxime groups is 2. The molecule has 6 N–H and O–H groups in total. The molecule has 0 bridgehead atoms. The van der Waals surface area contributed by atoms with Crippen LogP contribution in [0.3, 0.4) is 0 Å². The Hall–Kier alpha value is -5.76. The van der Waals surface area contributed by atoms with Crippen LogP contribution in [0.2, 0.25) is 30.1 Å². The first-order valence-corrected chi connectivity index (χ1v) is 29.4. The summed E-state index contributed by atoms with van der Waals surface area (Å²) < 4.78 is 14.7. The monoisotopic (exact) mass is 1300 g/mol. The number of fused-ring (bicyclic) bond motifs is 4. The van der Waals surface area contributed by atoms with Gasteiger partial charge < -0.3 is 54.0 Å². The molecule has 4 aliphatic rings. The number of carbonyl (C=O) groups excluding carboxylic acids is 1. The van der Waals surface area contributed by atoms with Gasteiger partial charge in [0, 0.05) is 53.0 Å². The Labute approximate surface area is 534 Å². The minimum absolute atomic E-state index is 0. The highest BCUT2D eigenvalue weighted by molar-refractivity contribution is 6.62. The Morgan fingerprint density at radius 1 is 0.593 bits per heavy atom. The van der Waals surface area contributed by atoms with Crippen molar-refractivity contribution >= 4 is 142 Å². The van der Waals surface area contributed by atoms with Gasteiger partial charge in [0.1, 0.15) is 11.4 Å². The van der Waals surface area contributed by atoms with Crippen LogP contribution in [0.4, 0.5) is 0 Å². The standard InChI is InChI=1S/C31H29BCl3N3O4.C19H13Cl3N2O3.C12H18BNO2.ClH/c1-29(2,17-8-10-20-21(13-17)32(40)41-30(20,3)4)36-28(39)26-11-9-19(25-7-6-12-38(25)26)24-16-31(5,42-37-24)18-14-22(33)27(35)23(34)15-18;1-19(10-7-12(20)17(22)13(21)8-10)9-14(23-27-19)11-4-5-16(18(25)26)24-6-2-3-15(11)24;1-11(2,14)8-5-6-9-10(7-8)13(15)16-12(9,3)4;/h6-15,40H,16H2,1-5H3,(H,36,39);2-8H,9H2,1H3,(H,25,26);5-7,15H,14H2,1-4H3;1H. The van der Waals surface area contributed by atoms with Gasteiger partial charge in [-0.25, -0.2) is 4.79 Å². The molecular formula is C62H61B2Cl7N6O9. The van der Waals surface area contributed by atoms with E-state index in [0.29, 0.717) is 59.8 Å². The Kier molecular flexibility index (Phi) is 17.8. The van der Waals surface area contributed by atoms with E-state index in [1.54, 1.807) is 59.1 Å². The highest BCUT2D eigenvalue weighted by Crippen LogP contribution is 2.44. The van der Waals surface area contributed by atoms with Crippen LogP contribution in [0.25, 0.3) is 11.0 Å². The van der Waals surface area contributed by atoms with Gasteiger partial charge >= 0.3 is 20.2 Å². The van der Waals surface area contributed by atoms with E-state index in [4.69, 9.17) is 94.3 Å². The van der Waals surface area contributed by atoms with Crippen LogP contribution in [0.1, 0.15) is 148 Å². The second kappa shape index (κ2) is 23.6. The molecule has 0 aliphatic carbocycles. The van der Waals surface area contributed by atoms with Gasteiger partial charge in [-0.05, 0) is 175 Å². The summed E-state index contributed by atoms with van der Waals surface area (Å²) in [4.78, 5) is 36.7. The van der Waals surface area contributed by atoms with E-state index in [-0.39, 0.29) is 24.0 Å². The number of aromatic nitrogens is 2. The van der Waals surface area contributed by atoms with Gasteiger partial charge in [0.15, 0.2) is 11.2 Å². The molecule has 12 rings (SSSR count). The van der Waals surface area contributed by atoms with Crippen molar-refractivity contribution in [1.29, 1.82) is 0 Å². The van der Waals surface area contributed by atoms with Crippen molar-refractivity contribution < 1.29 is 43.7 Å². The van der Waals surface area contributed by atoms with Gasteiger partial charge in [-0.1, -0.05) is 116 Å². The first kappa shape index (κ1) is 64.7. The Balaban J connectivity index is 0.000000171. The van der Waals surface area contributed by atoms with Crippen molar-refractivity contribution in [2.75, 3.05) is 0 Å². The summed E-state index contributed by atoms with van der Waals surface area (Å²) in [5, 5.41) is 43.5. The molecule has 0 saturated heterocycles. The number of rotatable bonds is 9. The molecule has 0 fully saturated rings. The summed E-state index contributed by atoms with van der Waals surface area (Å²) in [6.45, 7) is 19.3. The van der Waals surface area contributed by atoms with Crippen molar-refractivity contribution in [2.24, 2.45) is 16.0 Å². The third kappa shape index (κ3) is 12.2. The predicted molar refractivity (Wildman–Crippen MR) is 345 cm³/mol. The van der Waals surface area contributed by atoms with Crippen LogP contribution in [0.15, 0.2) is 132 Å². The number of nitrogens with two attached hydrogens (primary N) is 1. The van der Waals surface area contributed by atoms with Crippen LogP contribution in [-0.4, -0.2) is 61.5 Å². The molecule has 4 aromatic carbocycles. The summed E-state index contributed by atoms with van der Waals surface area (Å²) in [7, 11) is -1.85. The van der Waals surface area contributed by atoms with Gasteiger partial charge in [-0.2, -0.15) is 0 Å². The number of amides is 1. The normalized spacial score (nSPS) is 19.1. The van der Waals surface area contributed by atoms with Gasteiger partial charge in [0.2, 0.25) is 0 Å². The second-order valence-electron chi connectivity index (χ2n) is 24.0. The zero-order chi connectivity index (χ0) is 61.7. The zero-order valence-electron chi connectivity index (χ0n) is 48.4. The predicted octanol–water partition coefficient (Wildman–Crippen LogP) is 13.4. The number of carboxylic acid groups (broad SMARTS) is 1. The van der Waals surface area contributed by atoms with Gasteiger partial charge in [-0.3, -0.25) is 4.79 Å². The highest BCUT2D eigenvalue weighted by atomic mass is 35.5. The van der Waals surface area contributed by atoms with Gasteiger partial charge in [0.25, 0.3) is 5.91 Å². The maximum absolute atomic E-state index is 13.7. The fourth-order valence-corrected chi connectivity index (χ4v) is 12.4. The van der Waals surface area contributed by atoms with Crippen molar-refractivity contribution in [3.63, 3.8) is 0 Å².